The van der Waals surface area contributed by atoms with Crippen molar-refractivity contribution in [2.24, 2.45) is 5.92 Å². The lowest BCUT2D eigenvalue weighted by molar-refractivity contribution is 0.142. The highest BCUT2D eigenvalue weighted by Gasteiger charge is 2.21. The highest BCUT2D eigenvalue weighted by Crippen LogP contribution is 2.10. The van der Waals surface area contributed by atoms with Gasteiger partial charge in [0, 0.05) is 25.2 Å². The van der Waals surface area contributed by atoms with Gasteiger partial charge in [-0.15, -0.1) is 0 Å². The molecule has 0 aromatic heterocycles. The predicted molar refractivity (Wildman–Crippen MR) is 73.9 cm³/mol. The normalized spacial score (nSPS) is 26.4. The Morgan fingerprint density at radius 2 is 1.88 bits per heavy atom. The highest BCUT2D eigenvalue weighted by molar-refractivity contribution is 4.81. The number of hydrogen-bond donors (Lipinski definition) is 1. The van der Waals surface area contributed by atoms with E-state index >= 15 is 0 Å². The van der Waals surface area contributed by atoms with Crippen LogP contribution in [-0.4, -0.2) is 36.6 Å². The third-order valence-corrected chi connectivity index (χ3v) is 3.12. The maximum atomic E-state index is 3.52. The number of nitrogens with one attached hydrogen (secondary N) is 1. The minimum atomic E-state index is 0.672. The summed E-state index contributed by atoms with van der Waals surface area (Å²) in [4.78, 5) is 2.63. The van der Waals surface area contributed by atoms with Crippen LogP contribution >= 0.6 is 0 Å². The predicted octanol–water partition coefficient (Wildman–Crippen LogP) is 3.13. The molecule has 0 saturated carbocycles. The Hall–Kier alpha value is -0.0800. The summed E-state index contributed by atoms with van der Waals surface area (Å²) in [6, 6.07) is 1.39. The lowest BCUT2D eigenvalue weighted by atomic mass is 10.1. The fourth-order valence-corrected chi connectivity index (χ4v) is 2.11. The average Bonchev–Trinajstić information content (AvgIpc) is 2.25. The molecule has 98 valence electrons. The van der Waals surface area contributed by atoms with Crippen LogP contribution in [0.1, 0.15) is 54.4 Å². The molecule has 0 amide bonds. The summed E-state index contributed by atoms with van der Waals surface area (Å²) in [6.45, 7) is 16.9. The second-order valence-electron chi connectivity index (χ2n) is 5.19. The van der Waals surface area contributed by atoms with Crippen molar-refractivity contribution >= 4 is 0 Å². The summed E-state index contributed by atoms with van der Waals surface area (Å²) in [5, 5.41) is 3.52. The van der Waals surface area contributed by atoms with Crippen molar-refractivity contribution in [3.63, 3.8) is 0 Å². The van der Waals surface area contributed by atoms with Gasteiger partial charge in [-0.3, -0.25) is 4.90 Å². The summed E-state index contributed by atoms with van der Waals surface area (Å²) in [5.74, 6) is 0.852. The van der Waals surface area contributed by atoms with Crippen molar-refractivity contribution in [2.45, 2.75) is 66.5 Å². The van der Waals surface area contributed by atoms with E-state index < -0.39 is 0 Å². The number of piperazine rings is 1. The maximum absolute atomic E-state index is 3.52. The molecule has 1 aliphatic heterocycles. The van der Waals surface area contributed by atoms with E-state index in [1.165, 1.54) is 25.9 Å². The Labute approximate surface area is 103 Å². The Balaban J connectivity index is 0.00000106. The molecule has 1 saturated heterocycles. The van der Waals surface area contributed by atoms with Crippen LogP contribution in [0, 0.1) is 5.92 Å². The van der Waals surface area contributed by atoms with E-state index in [-0.39, 0.29) is 0 Å². The van der Waals surface area contributed by atoms with Crippen LogP contribution in [0.2, 0.25) is 0 Å². The van der Waals surface area contributed by atoms with Crippen molar-refractivity contribution in [3.05, 3.63) is 0 Å². The van der Waals surface area contributed by atoms with E-state index in [0.717, 1.165) is 18.5 Å². The van der Waals surface area contributed by atoms with E-state index in [2.05, 4.69) is 37.9 Å². The first kappa shape index (κ1) is 15.9. The van der Waals surface area contributed by atoms with Crippen LogP contribution < -0.4 is 5.32 Å². The number of rotatable bonds is 4. The van der Waals surface area contributed by atoms with Gasteiger partial charge < -0.3 is 5.32 Å². The molecule has 2 nitrogen and oxygen atoms in total. The zero-order chi connectivity index (χ0) is 12.6. The molecule has 0 radical (unpaired) electrons. The standard InChI is InChI=1S/C12H26N2.C2H6/c1-10(2)6-5-7-14-9-11(3)13-8-12(14)4;1-2/h10-13H,5-9H2,1-4H3;1-2H3/t11-,12-;/m1./s1. The summed E-state index contributed by atoms with van der Waals surface area (Å²) in [7, 11) is 0. The molecule has 0 bridgehead atoms. The van der Waals surface area contributed by atoms with Crippen molar-refractivity contribution in [1.29, 1.82) is 0 Å². The van der Waals surface area contributed by atoms with Gasteiger partial charge in [0.05, 0.1) is 0 Å². The van der Waals surface area contributed by atoms with Gasteiger partial charge in [0.15, 0.2) is 0 Å². The van der Waals surface area contributed by atoms with Gasteiger partial charge in [-0.1, -0.05) is 27.7 Å². The zero-order valence-electron chi connectivity index (χ0n) is 12.2. The first-order chi connectivity index (χ1) is 7.59. The second-order valence-corrected chi connectivity index (χ2v) is 5.19. The summed E-state index contributed by atoms with van der Waals surface area (Å²) >= 11 is 0. The summed E-state index contributed by atoms with van der Waals surface area (Å²) in [5.41, 5.74) is 0. The molecular weight excluding hydrogens is 196 g/mol. The third kappa shape index (κ3) is 6.49. The van der Waals surface area contributed by atoms with Gasteiger partial charge in [0.2, 0.25) is 0 Å². The first-order valence-corrected chi connectivity index (χ1v) is 7.07. The Morgan fingerprint density at radius 1 is 1.25 bits per heavy atom. The topological polar surface area (TPSA) is 15.3 Å². The molecule has 0 unspecified atom stereocenters. The lowest BCUT2D eigenvalue weighted by Gasteiger charge is -2.37. The monoisotopic (exact) mass is 228 g/mol. The zero-order valence-corrected chi connectivity index (χ0v) is 12.2. The molecular formula is C14H32N2. The van der Waals surface area contributed by atoms with E-state index in [1.54, 1.807) is 0 Å². The van der Waals surface area contributed by atoms with Gasteiger partial charge >= 0.3 is 0 Å². The molecule has 16 heavy (non-hydrogen) atoms. The minimum Gasteiger partial charge on any atom is -0.311 e. The minimum absolute atomic E-state index is 0.672. The fourth-order valence-electron chi connectivity index (χ4n) is 2.11. The summed E-state index contributed by atoms with van der Waals surface area (Å²) in [6.07, 6.45) is 2.72. The molecule has 1 N–H and O–H groups in total. The molecule has 0 aromatic carbocycles. The van der Waals surface area contributed by atoms with Crippen molar-refractivity contribution < 1.29 is 0 Å². The summed E-state index contributed by atoms with van der Waals surface area (Å²) < 4.78 is 0. The molecule has 1 aliphatic rings. The van der Waals surface area contributed by atoms with E-state index in [9.17, 15) is 0 Å². The lowest BCUT2D eigenvalue weighted by Crippen LogP contribution is -2.54. The molecule has 1 fully saturated rings. The second kappa shape index (κ2) is 9.00. The van der Waals surface area contributed by atoms with E-state index in [4.69, 9.17) is 0 Å². The maximum Gasteiger partial charge on any atom is 0.0193 e. The van der Waals surface area contributed by atoms with Crippen LogP contribution in [0.3, 0.4) is 0 Å². The molecule has 0 aliphatic carbocycles. The molecule has 0 spiro atoms. The van der Waals surface area contributed by atoms with Gasteiger partial charge in [-0.2, -0.15) is 0 Å². The Bertz CT molecular complexity index is 157. The highest BCUT2D eigenvalue weighted by atomic mass is 15.2. The van der Waals surface area contributed by atoms with Crippen LogP contribution in [0.5, 0.6) is 0 Å². The van der Waals surface area contributed by atoms with Crippen LogP contribution in [0.25, 0.3) is 0 Å². The van der Waals surface area contributed by atoms with Gasteiger partial charge in [0.1, 0.15) is 0 Å². The van der Waals surface area contributed by atoms with Gasteiger partial charge in [-0.05, 0) is 39.2 Å². The average molecular weight is 228 g/mol. The molecule has 2 atom stereocenters. The number of hydrogen-bond acceptors (Lipinski definition) is 2. The molecule has 2 heteroatoms. The fraction of sp³-hybridized carbons (Fsp3) is 1.00. The number of nitrogens with zero attached hydrogens (tertiary/aromatic N) is 1. The SMILES string of the molecule is CC.CC(C)CCCN1C[C@@H](C)NC[C@H]1C. The molecule has 1 heterocycles. The first-order valence-electron chi connectivity index (χ1n) is 7.07. The molecule has 1 rings (SSSR count). The Morgan fingerprint density at radius 3 is 2.44 bits per heavy atom. The van der Waals surface area contributed by atoms with Gasteiger partial charge in [0.25, 0.3) is 0 Å². The van der Waals surface area contributed by atoms with Crippen molar-refractivity contribution in [2.75, 3.05) is 19.6 Å². The molecule has 0 aromatic rings. The van der Waals surface area contributed by atoms with Crippen LogP contribution in [-0.2, 0) is 0 Å². The van der Waals surface area contributed by atoms with Crippen molar-refractivity contribution in [3.8, 4) is 0 Å². The van der Waals surface area contributed by atoms with E-state index in [1.807, 2.05) is 13.8 Å². The Kier molecular flexibility index (Phi) is 8.96. The smallest absolute Gasteiger partial charge is 0.0193 e. The van der Waals surface area contributed by atoms with Crippen LogP contribution in [0.4, 0.5) is 0 Å². The third-order valence-electron chi connectivity index (χ3n) is 3.12. The van der Waals surface area contributed by atoms with Crippen molar-refractivity contribution in [1.82, 2.24) is 10.2 Å². The largest absolute Gasteiger partial charge is 0.311 e. The quantitative estimate of drug-likeness (QED) is 0.795. The van der Waals surface area contributed by atoms with E-state index in [0.29, 0.717) is 6.04 Å². The van der Waals surface area contributed by atoms with Gasteiger partial charge in [-0.25, -0.2) is 0 Å². The van der Waals surface area contributed by atoms with Crippen LogP contribution in [0.15, 0.2) is 0 Å².